The predicted molar refractivity (Wildman–Crippen MR) is 471 cm³/mol. The van der Waals surface area contributed by atoms with Crippen LogP contribution in [0.15, 0.2) is 243 Å². The average Bonchev–Trinajstić information content (AvgIpc) is 1.63. The molecule has 7 fully saturated rings. The molecule has 0 aromatic heterocycles. The third-order valence-electron chi connectivity index (χ3n) is 29.7. The summed E-state index contributed by atoms with van der Waals surface area (Å²) < 4.78 is 101. The van der Waals surface area contributed by atoms with Gasteiger partial charge < -0.3 is 66.0 Å². The summed E-state index contributed by atoms with van der Waals surface area (Å²) in [5, 5.41) is 0.0455. The molecule has 3 heterocycles. The number of ether oxygens (including phenoxy) is 13. The molecule has 18 nitrogen and oxygen atoms in total. The molecule has 7 aliphatic rings. The highest BCUT2D eigenvalue weighted by molar-refractivity contribution is 6.74. The van der Waals surface area contributed by atoms with Gasteiger partial charge in [-0.3, -0.25) is 0 Å². The van der Waals surface area contributed by atoms with Gasteiger partial charge in [0.1, 0.15) is 37.1 Å². The third-order valence-corrected chi connectivity index (χ3v) is 34.3. The number of rotatable bonds is 30. The highest BCUT2D eigenvalue weighted by atomic mass is 28.4. The first-order valence-corrected chi connectivity index (χ1v) is 47.4. The molecule has 3 aliphatic heterocycles. The lowest BCUT2D eigenvalue weighted by molar-refractivity contribution is -0.384. The summed E-state index contributed by atoms with van der Waals surface area (Å²) in [7, 11) is -2.17. The number of hydrogen-bond acceptors (Lipinski definition) is 18. The lowest BCUT2D eigenvalue weighted by Crippen LogP contribution is -2.68. The van der Waals surface area contributed by atoms with Crippen molar-refractivity contribution in [2.24, 2.45) is 45.3 Å². The number of hydrogen-bond donors (Lipinski definition) is 0. The number of carbonyl (C=O) groups is 4. The van der Waals surface area contributed by atoms with E-state index < -0.39 is 117 Å². The lowest BCUT2D eigenvalue weighted by Gasteiger charge is -2.71. The summed E-state index contributed by atoms with van der Waals surface area (Å²) in [6.07, 6.45) is -6.78. The molecule has 4 aliphatic carbocycles. The Morgan fingerprint density at radius 2 is 0.846 bits per heavy atom. The van der Waals surface area contributed by atoms with Gasteiger partial charge in [0, 0.05) is 0 Å². The van der Waals surface area contributed by atoms with Crippen LogP contribution in [0.2, 0.25) is 18.1 Å². The maximum Gasteiger partial charge on any atom is 0.338 e. The molecule has 3 saturated heterocycles. The van der Waals surface area contributed by atoms with Crippen LogP contribution in [0.5, 0.6) is 0 Å². The van der Waals surface area contributed by atoms with Crippen LogP contribution in [-0.2, 0) is 92.4 Å². The van der Waals surface area contributed by atoms with Gasteiger partial charge in [0.15, 0.2) is 39.2 Å². The van der Waals surface area contributed by atoms with Crippen molar-refractivity contribution in [3.63, 3.8) is 0 Å². The summed E-state index contributed by atoms with van der Waals surface area (Å²) in [6, 6.07) is 73.7. The second-order valence-corrected chi connectivity index (χ2v) is 43.7. The Hall–Kier alpha value is -8.54. The molecule has 4 saturated carbocycles. The molecule has 0 amide bonds. The number of esters is 4. The first kappa shape index (κ1) is 89.3. The molecule has 654 valence electrons. The topological polar surface area (TPSA) is 198 Å². The Morgan fingerprint density at radius 1 is 0.415 bits per heavy atom. The van der Waals surface area contributed by atoms with E-state index in [1.165, 1.54) is 0 Å². The minimum Gasteiger partial charge on any atom is -0.459 e. The molecule has 123 heavy (non-hydrogen) atoms. The summed E-state index contributed by atoms with van der Waals surface area (Å²) in [4.78, 5) is 59.8. The van der Waals surface area contributed by atoms with Crippen molar-refractivity contribution >= 4 is 32.2 Å². The molecular weight excluding hydrogens is 1570 g/mol. The van der Waals surface area contributed by atoms with Crippen LogP contribution in [0.3, 0.4) is 0 Å². The molecule has 19 heteroatoms. The van der Waals surface area contributed by atoms with Crippen LogP contribution in [0, 0.1) is 45.3 Å². The molecule has 0 radical (unpaired) electrons. The van der Waals surface area contributed by atoms with Crippen LogP contribution in [-0.4, -0.2) is 136 Å². The fraction of sp³-hybridized carbons (Fsp3) is 0.500. The minimum atomic E-state index is -2.17. The van der Waals surface area contributed by atoms with E-state index in [2.05, 4.69) is 120 Å². The van der Waals surface area contributed by atoms with Crippen LogP contribution in [0.25, 0.3) is 0 Å². The maximum atomic E-state index is 15.3. The summed E-state index contributed by atoms with van der Waals surface area (Å²) in [5.41, 5.74) is 2.59. The van der Waals surface area contributed by atoms with Crippen LogP contribution in [0.4, 0.5) is 0 Å². The maximum absolute atomic E-state index is 15.3. The number of fused-ring (bicyclic) bond motifs is 5. The summed E-state index contributed by atoms with van der Waals surface area (Å²) >= 11 is 0. The third kappa shape index (κ3) is 19.3. The molecule has 15 rings (SSSR count). The van der Waals surface area contributed by atoms with Crippen LogP contribution < -0.4 is 0 Å². The van der Waals surface area contributed by atoms with E-state index in [0.29, 0.717) is 13.0 Å². The van der Waals surface area contributed by atoms with Gasteiger partial charge in [0.2, 0.25) is 0 Å². The van der Waals surface area contributed by atoms with Gasteiger partial charge in [-0.1, -0.05) is 250 Å². The van der Waals surface area contributed by atoms with E-state index in [1.54, 1.807) is 121 Å². The molecular formula is C104H126O18Si. The van der Waals surface area contributed by atoms with E-state index in [4.69, 9.17) is 66.0 Å². The second-order valence-electron chi connectivity index (χ2n) is 39.0. The largest absolute Gasteiger partial charge is 0.459 e. The van der Waals surface area contributed by atoms with Crippen LogP contribution >= 0.6 is 0 Å². The highest BCUT2D eigenvalue weighted by Gasteiger charge is 2.73. The van der Waals surface area contributed by atoms with Gasteiger partial charge >= 0.3 is 23.9 Å². The first-order valence-electron chi connectivity index (χ1n) is 44.5. The van der Waals surface area contributed by atoms with E-state index in [-0.39, 0.29) is 111 Å². The predicted octanol–water partition coefficient (Wildman–Crippen LogP) is 20.7. The van der Waals surface area contributed by atoms with Crippen LogP contribution in [0.1, 0.15) is 198 Å². The molecule has 10 unspecified atom stereocenters. The standard InChI is InChI=1S/C104H126O18Si/c1-98(2,3)123(12,13)122-100(6,7)84-57-61-104(11,121-84)77-54-59-103(10)85(77)78(110-64-70-40-24-15-25-41-70)62-82-101(8)58-56-83(99(4,5)81(101)55-60-102(82,103)9)116-96-90(88(112-66-72-44-28-17-29-45-72)86(111-65-71-42-26-16-27-43-71)79(114-96)67-109-63-69-38-22-14-23-39-69)120-97-91(119-95(108)76-52-36-21-37-53-76)89(118-94(107)75-50-34-20-35-51-75)87(117-93(106)74-48-32-19-33-49-74)80(115-97)68-113-92(105)73-46-30-18-31-47-73/h14-53,77-91,96-97H,54-68H2,1-13H3/t77?,78-,79?,80?,81?,82?,83+,84-,85?,86-,87-,88?,89?,90?,91?,96+,97+,101+,102-,103-,104+/m1/s1. The van der Waals surface area contributed by atoms with E-state index in [1.807, 2.05) is 91.0 Å². The zero-order chi connectivity index (χ0) is 86.5. The highest BCUT2D eigenvalue weighted by Crippen LogP contribution is 2.77. The summed E-state index contributed by atoms with van der Waals surface area (Å²) in [5.74, 6) is -2.46. The fourth-order valence-electron chi connectivity index (χ4n) is 22.1. The normalized spacial score (nSPS) is 31.7. The average molecular weight is 1690 g/mol. The molecule has 8 aromatic carbocycles. The smallest absolute Gasteiger partial charge is 0.338 e. The van der Waals surface area contributed by atoms with Gasteiger partial charge in [-0.05, 0) is 213 Å². The van der Waals surface area contributed by atoms with Gasteiger partial charge in [0.05, 0.1) is 84.8 Å². The Morgan fingerprint density at radius 3 is 1.35 bits per heavy atom. The molecule has 0 spiro atoms. The van der Waals surface area contributed by atoms with Crippen molar-refractivity contribution in [2.45, 2.75) is 269 Å². The Kier molecular flexibility index (Phi) is 27.3. The van der Waals surface area contributed by atoms with Crippen molar-refractivity contribution < 1.29 is 85.2 Å². The fourth-order valence-corrected chi connectivity index (χ4v) is 23.8. The zero-order valence-corrected chi connectivity index (χ0v) is 74.9. The van der Waals surface area contributed by atoms with Crippen molar-refractivity contribution in [1.29, 1.82) is 0 Å². The molecule has 0 N–H and O–H groups in total. The van der Waals surface area contributed by atoms with Crippen molar-refractivity contribution in [3.8, 4) is 0 Å². The van der Waals surface area contributed by atoms with Crippen molar-refractivity contribution in [3.05, 3.63) is 287 Å². The SMILES string of the molecule is CC(C)(O[Si](C)(C)C(C)(C)C)[C@H]1CC[C@@](C)(C2CC[C@]3(C)C2[C@H](OCc2ccccc2)CC2[C@@]4(C)CC[C@H](O[C@@H]5OC(COCc6ccccc6)[C@@H](OCc6ccccc6)C(OCc6ccccc6)C5O[C@@H]5OC(COC(=O)c6ccccc6)[C@@H](OC(=O)c6ccccc6)C(OC(=O)c6ccccc6)C5OC(=O)c5ccccc5)C(C)(C)C4CC[C@]23C)O1. The van der Waals surface area contributed by atoms with Gasteiger partial charge in [-0.25, -0.2) is 19.2 Å². The number of benzene rings is 8. The molecule has 0 bridgehead atoms. The monoisotopic (exact) mass is 1690 g/mol. The van der Waals surface area contributed by atoms with Gasteiger partial charge in [-0.15, -0.1) is 0 Å². The number of carbonyl (C=O) groups excluding carboxylic acids is 4. The van der Waals surface area contributed by atoms with Crippen molar-refractivity contribution in [1.82, 2.24) is 0 Å². The van der Waals surface area contributed by atoms with Gasteiger partial charge in [-0.2, -0.15) is 0 Å². The van der Waals surface area contributed by atoms with E-state index >= 15 is 9.59 Å². The van der Waals surface area contributed by atoms with E-state index in [0.717, 1.165) is 73.6 Å². The minimum absolute atomic E-state index is 0.00277. The zero-order valence-electron chi connectivity index (χ0n) is 73.9. The van der Waals surface area contributed by atoms with Crippen molar-refractivity contribution in [2.75, 3.05) is 13.2 Å². The molecule has 21 atom stereocenters. The Balaban J connectivity index is 0.826. The Labute approximate surface area is 728 Å². The lowest BCUT2D eigenvalue weighted by atomic mass is 9.35. The molecule has 8 aromatic rings. The quantitative estimate of drug-likeness (QED) is 0.0178. The van der Waals surface area contributed by atoms with Gasteiger partial charge in [0.25, 0.3) is 0 Å². The van der Waals surface area contributed by atoms with E-state index in [9.17, 15) is 9.59 Å². The Bertz CT molecular complexity index is 4790. The first-order chi connectivity index (χ1) is 58.9. The summed E-state index contributed by atoms with van der Waals surface area (Å²) in [6.45, 7) is 31.5. The second kappa shape index (κ2) is 37.6.